The molecule has 0 aromatic heterocycles. The molecule has 0 unspecified atom stereocenters. The number of allylic oxidation sites excluding steroid dienone is 1. The molecule has 0 aliphatic heterocycles. The monoisotopic (exact) mass is 528 g/mol. The molecule has 0 heterocycles. The lowest BCUT2D eigenvalue weighted by molar-refractivity contribution is -0.136. The summed E-state index contributed by atoms with van der Waals surface area (Å²) in [6.45, 7) is 0.271. The molecule has 4 aromatic carbocycles. The highest BCUT2D eigenvalue weighted by Crippen LogP contribution is 2.12. The molecule has 40 heavy (non-hydrogen) atoms. The Labute approximate surface area is 235 Å². The quantitative estimate of drug-likeness (QED) is 0.166. The minimum Gasteiger partial charge on any atom is -0.478 e. The molecule has 0 aliphatic rings. The van der Waals surface area contributed by atoms with Crippen LogP contribution in [0.5, 0.6) is 0 Å². The van der Waals surface area contributed by atoms with E-state index in [0.717, 1.165) is 22.3 Å². The van der Waals surface area contributed by atoms with Gasteiger partial charge in [-0.15, -0.1) is 0 Å². The number of ether oxygens (including phenoxy) is 1. The maximum atomic E-state index is 11.5. The summed E-state index contributed by atoms with van der Waals surface area (Å²) in [6, 6.07) is 38.8. The molecule has 4 heteroatoms. The number of carboxylic acids is 1. The molecule has 0 spiro atoms. The van der Waals surface area contributed by atoms with Crippen molar-refractivity contribution in [3.8, 4) is 0 Å². The zero-order chi connectivity index (χ0) is 28.3. The van der Waals surface area contributed by atoms with Gasteiger partial charge in [0.05, 0.1) is 0 Å². The SMILES string of the molecule is O=C(C=Cc1ccccc1)OCC=Cc1ccccc1.O=C(O)C(=Cc1ccccc1)CC=Cc1ccccc1. The Morgan fingerprint density at radius 3 is 1.48 bits per heavy atom. The van der Waals surface area contributed by atoms with Crippen LogP contribution in [0.25, 0.3) is 24.3 Å². The van der Waals surface area contributed by atoms with Gasteiger partial charge in [-0.3, -0.25) is 0 Å². The first-order chi connectivity index (χ1) is 19.6. The molecule has 0 amide bonds. The second-order valence-electron chi connectivity index (χ2n) is 8.59. The van der Waals surface area contributed by atoms with Crippen LogP contribution >= 0.6 is 0 Å². The van der Waals surface area contributed by atoms with E-state index in [1.165, 1.54) is 6.08 Å². The molecule has 0 saturated heterocycles. The largest absolute Gasteiger partial charge is 0.478 e. The zero-order valence-corrected chi connectivity index (χ0v) is 22.2. The number of rotatable bonds is 10. The van der Waals surface area contributed by atoms with Gasteiger partial charge in [-0.1, -0.05) is 140 Å². The van der Waals surface area contributed by atoms with Crippen molar-refractivity contribution in [1.82, 2.24) is 0 Å². The lowest BCUT2D eigenvalue weighted by Crippen LogP contribution is -1.99. The summed E-state index contributed by atoms with van der Waals surface area (Å²) in [6.07, 6.45) is 12.8. The normalized spacial score (nSPS) is 11.3. The van der Waals surface area contributed by atoms with Gasteiger partial charge >= 0.3 is 11.9 Å². The van der Waals surface area contributed by atoms with Crippen LogP contribution in [-0.2, 0) is 14.3 Å². The lowest BCUT2D eigenvalue weighted by Gasteiger charge is -1.99. The van der Waals surface area contributed by atoms with E-state index in [1.54, 1.807) is 12.2 Å². The average Bonchev–Trinajstić information content (AvgIpc) is 3.00. The molecular weight excluding hydrogens is 496 g/mol. The van der Waals surface area contributed by atoms with E-state index < -0.39 is 5.97 Å². The van der Waals surface area contributed by atoms with Gasteiger partial charge < -0.3 is 9.84 Å². The molecule has 0 saturated carbocycles. The third kappa shape index (κ3) is 11.9. The van der Waals surface area contributed by atoms with Gasteiger partial charge in [0.15, 0.2) is 0 Å². The molecule has 4 aromatic rings. The van der Waals surface area contributed by atoms with Crippen molar-refractivity contribution >= 4 is 36.2 Å². The van der Waals surface area contributed by atoms with Gasteiger partial charge in [0, 0.05) is 11.6 Å². The maximum absolute atomic E-state index is 11.5. The van der Waals surface area contributed by atoms with Crippen molar-refractivity contribution in [2.45, 2.75) is 6.42 Å². The molecule has 1 N–H and O–H groups in total. The first-order valence-electron chi connectivity index (χ1n) is 12.9. The van der Waals surface area contributed by atoms with E-state index in [1.807, 2.05) is 146 Å². The van der Waals surface area contributed by atoms with Crippen molar-refractivity contribution in [3.05, 3.63) is 167 Å². The fourth-order valence-electron chi connectivity index (χ4n) is 3.50. The van der Waals surface area contributed by atoms with Gasteiger partial charge in [-0.2, -0.15) is 0 Å². The van der Waals surface area contributed by atoms with Crippen molar-refractivity contribution in [2.75, 3.05) is 6.61 Å². The van der Waals surface area contributed by atoms with Crippen LogP contribution < -0.4 is 0 Å². The fraction of sp³-hybridized carbons (Fsp3) is 0.0556. The van der Waals surface area contributed by atoms with Gasteiger partial charge in [0.25, 0.3) is 0 Å². The molecule has 4 nitrogen and oxygen atoms in total. The summed E-state index contributed by atoms with van der Waals surface area (Å²) in [5, 5.41) is 9.23. The Morgan fingerprint density at radius 1 is 0.575 bits per heavy atom. The van der Waals surface area contributed by atoms with E-state index >= 15 is 0 Å². The van der Waals surface area contributed by atoms with Crippen molar-refractivity contribution in [3.63, 3.8) is 0 Å². The van der Waals surface area contributed by atoms with Crippen LogP contribution in [0.3, 0.4) is 0 Å². The van der Waals surface area contributed by atoms with Crippen LogP contribution in [0.4, 0.5) is 0 Å². The average molecular weight is 529 g/mol. The summed E-state index contributed by atoms with van der Waals surface area (Å²) >= 11 is 0. The third-order valence-electron chi connectivity index (χ3n) is 5.51. The number of carbonyl (C=O) groups is 2. The Balaban J connectivity index is 0.000000220. The van der Waals surface area contributed by atoms with Crippen molar-refractivity contribution in [1.29, 1.82) is 0 Å². The predicted octanol–water partition coefficient (Wildman–Crippen LogP) is 8.21. The third-order valence-corrected chi connectivity index (χ3v) is 5.51. The number of hydrogen-bond acceptors (Lipinski definition) is 3. The van der Waals surface area contributed by atoms with Crippen LogP contribution in [0.1, 0.15) is 28.7 Å². The maximum Gasteiger partial charge on any atom is 0.331 e. The van der Waals surface area contributed by atoms with Crippen LogP contribution in [0, 0.1) is 0 Å². The summed E-state index contributed by atoms with van der Waals surface area (Å²) in [5.41, 5.74) is 4.41. The Morgan fingerprint density at radius 2 is 1.00 bits per heavy atom. The number of esters is 1. The number of carbonyl (C=O) groups excluding carboxylic acids is 1. The second kappa shape index (κ2) is 17.3. The van der Waals surface area contributed by atoms with Crippen molar-refractivity contribution < 1.29 is 19.4 Å². The smallest absolute Gasteiger partial charge is 0.331 e. The molecule has 200 valence electrons. The Hall–Kier alpha value is -5.22. The summed E-state index contributed by atoms with van der Waals surface area (Å²) in [7, 11) is 0. The van der Waals surface area contributed by atoms with Gasteiger partial charge in [0.2, 0.25) is 0 Å². The predicted molar refractivity (Wildman–Crippen MR) is 164 cm³/mol. The highest BCUT2D eigenvalue weighted by molar-refractivity contribution is 5.92. The van der Waals surface area contributed by atoms with Crippen LogP contribution in [-0.4, -0.2) is 23.7 Å². The summed E-state index contributed by atoms with van der Waals surface area (Å²) in [4.78, 5) is 22.7. The fourth-order valence-corrected chi connectivity index (χ4v) is 3.50. The minimum atomic E-state index is -0.883. The molecule has 0 bridgehead atoms. The zero-order valence-electron chi connectivity index (χ0n) is 22.2. The van der Waals surface area contributed by atoms with E-state index in [2.05, 4.69) is 0 Å². The van der Waals surface area contributed by atoms with Crippen molar-refractivity contribution in [2.24, 2.45) is 0 Å². The number of benzene rings is 4. The molecule has 4 rings (SSSR count). The van der Waals surface area contributed by atoms with Gasteiger partial charge in [0.1, 0.15) is 6.61 Å². The number of aliphatic carboxylic acids is 1. The molecule has 0 fully saturated rings. The Bertz CT molecular complexity index is 1420. The van der Waals surface area contributed by atoms with E-state index in [0.29, 0.717) is 12.0 Å². The first kappa shape index (κ1) is 29.3. The molecule has 0 atom stereocenters. The van der Waals surface area contributed by atoms with Gasteiger partial charge in [-0.05, 0) is 46.9 Å². The van der Waals surface area contributed by atoms with E-state index in [9.17, 15) is 14.7 Å². The standard InChI is InChI=1S/2C18H16O2/c19-18(14-13-17-10-5-2-6-11-17)20-15-7-12-16-8-3-1-4-9-16;19-18(20)17(14-16-10-5-2-6-11-16)13-7-12-15-8-3-1-4-9-15/h1-14H,15H2;1-12,14H,13H2,(H,19,20). The Kier molecular flexibility index (Phi) is 12.7. The molecule has 0 aliphatic carbocycles. The van der Waals surface area contributed by atoms with Crippen LogP contribution in [0.2, 0.25) is 0 Å². The highest BCUT2D eigenvalue weighted by atomic mass is 16.5. The number of carboxylic acid groups (broad SMARTS) is 1. The van der Waals surface area contributed by atoms with Crippen LogP contribution in [0.15, 0.2) is 145 Å². The summed E-state index contributed by atoms with van der Waals surface area (Å²) in [5.74, 6) is -1.22. The van der Waals surface area contributed by atoms with Gasteiger partial charge in [-0.25, -0.2) is 9.59 Å². The van der Waals surface area contributed by atoms with E-state index in [-0.39, 0.29) is 12.6 Å². The van der Waals surface area contributed by atoms with E-state index in [4.69, 9.17) is 4.74 Å². The highest BCUT2D eigenvalue weighted by Gasteiger charge is 2.05. The second-order valence-corrected chi connectivity index (χ2v) is 8.59. The topological polar surface area (TPSA) is 63.6 Å². The molecule has 0 radical (unpaired) electrons. The first-order valence-corrected chi connectivity index (χ1v) is 12.9. The summed E-state index contributed by atoms with van der Waals surface area (Å²) < 4.78 is 5.07. The minimum absolute atomic E-state index is 0.271. The molecular formula is C36H32O4. The lowest BCUT2D eigenvalue weighted by atomic mass is 10.1. The number of hydrogen-bond donors (Lipinski definition) is 1.